The highest BCUT2D eigenvalue weighted by Crippen LogP contribution is 2.39. The highest BCUT2D eigenvalue weighted by molar-refractivity contribution is 7.18. The van der Waals surface area contributed by atoms with Crippen LogP contribution in [0.2, 0.25) is 0 Å². The monoisotopic (exact) mass is 296 g/mol. The number of anilines is 1. The Kier molecular flexibility index (Phi) is 3.07. The maximum Gasteiger partial charge on any atom is 0.205 e. The molecule has 2 heterocycles. The fourth-order valence-corrected chi connectivity index (χ4v) is 3.90. The molecule has 0 spiro atoms. The van der Waals surface area contributed by atoms with Crippen molar-refractivity contribution in [2.75, 3.05) is 11.9 Å². The van der Waals surface area contributed by atoms with Crippen LogP contribution in [0.3, 0.4) is 0 Å². The number of hydrogen-bond donors (Lipinski definition) is 1. The molecule has 1 N–H and O–H groups in total. The number of nitrogens with zero attached hydrogens (tertiary/aromatic N) is 3. The molecular formula is C16H16N4S. The first-order valence-corrected chi connectivity index (χ1v) is 8.16. The third-order valence-corrected chi connectivity index (χ3v) is 4.78. The van der Waals surface area contributed by atoms with Gasteiger partial charge in [0.15, 0.2) is 5.01 Å². The van der Waals surface area contributed by atoms with E-state index in [0.717, 1.165) is 35.0 Å². The zero-order valence-electron chi connectivity index (χ0n) is 11.9. The lowest BCUT2D eigenvalue weighted by Gasteiger charge is -2.09. The van der Waals surface area contributed by atoms with Crippen molar-refractivity contribution < 1.29 is 0 Å². The number of para-hydroxylation sites is 1. The maximum absolute atomic E-state index is 4.83. The van der Waals surface area contributed by atoms with E-state index in [9.17, 15) is 0 Å². The molecular weight excluding hydrogens is 280 g/mol. The Labute approximate surface area is 127 Å². The molecule has 0 atom stereocenters. The predicted octanol–water partition coefficient (Wildman–Crippen LogP) is 3.67. The Hall–Kier alpha value is -2.01. The number of aryl methyl sites for hydroxylation is 1. The molecule has 0 bridgehead atoms. The quantitative estimate of drug-likeness (QED) is 0.801. The van der Waals surface area contributed by atoms with Gasteiger partial charge in [0.1, 0.15) is 0 Å². The summed E-state index contributed by atoms with van der Waals surface area (Å²) in [5.41, 5.74) is 4.92. The lowest BCUT2D eigenvalue weighted by atomic mass is 10.0. The van der Waals surface area contributed by atoms with Crippen LogP contribution in [0.25, 0.3) is 21.5 Å². The van der Waals surface area contributed by atoms with Crippen molar-refractivity contribution in [3.8, 4) is 10.6 Å². The van der Waals surface area contributed by atoms with Crippen LogP contribution in [0.5, 0.6) is 0 Å². The summed E-state index contributed by atoms with van der Waals surface area (Å²) in [7, 11) is 0. The minimum Gasteiger partial charge on any atom is -0.360 e. The van der Waals surface area contributed by atoms with Crippen LogP contribution in [0.15, 0.2) is 24.3 Å². The predicted molar refractivity (Wildman–Crippen MR) is 86.8 cm³/mol. The minimum absolute atomic E-state index is 0.865. The topological polar surface area (TPSA) is 50.7 Å². The molecule has 4 nitrogen and oxygen atoms in total. The summed E-state index contributed by atoms with van der Waals surface area (Å²) < 4.78 is 0. The first kappa shape index (κ1) is 12.7. The fourth-order valence-electron chi connectivity index (χ4n) is 3.00. The van der Waals surface area contributed by atoms with E-state index in [1.54, 1.807) is 11.3 Å². The van der Waals surface area contributed by atoms with Gasteiger partial charge in [-0.05, 0) is 37.8 Å². The van der Waals surface area contributed by atoms with Crippen molar-refractivity contribution in [2.45, 2.75) is 26.2 Å². The largest absolute Gasteiger partial charge is 0.360 e. The molecule has 0 saturated heterocycles. The average molecular weight is 296 g/mol. The van der Waals surface area contributed by atoms with E-state index in [1.165, 1.54) is 28.6 Å². The first-order valence-electron chi connectivity index (χ1n) is 7.35. The molecule has 106 valence electrons. The summed E-state index contributed by atoms with van der Waals surface area (Å²) in [6, 6.07) is 8.35. The first-order chi connectivity index (χ1) is 10.4. The standard InChI is InChI=1S/C16H16N4S/c1-2-17-16-20-19-15(21-16)14-10-6-3-4-8-12(10)18-13-9-5-7-11(13)14/h3-4,6,8H,2,5,7,9H2,1H3,(H,17,20). The van der Waals surface area contributed by atoms with Crippen LogP contribution in [0.1, 0.15) is 24.6 Å². The second-order valence-corrected chi connectivity index (χ2v) is 6.20. The number of hydrogen-bond acceptors (Lipinski definition) is 5. The van der Waals surface area contributed by atoms with Gasteiger partial charge in [0.25, 0.3) is 0 Å². The Morgan fingerprint density at radius 3 is 3.00 bits per heavy atom. The third kappa shape index (κ3) is 2.08. The highest BCUT2D eigenvalue weighted by atomic mass is 32.1. The Morgan fingerprint density at radius 1 is 1.19 bits per heavy atom. The molecule has 1 aliphatic rings. The van der Waals surface area contributed by atoms with Crippen molar-refractivity contribution >= 4 is 27.4 Å². The number of rotatable bonds is 3. The van der Waals surface area contributed by atoms with Gasteiger partial charge in [-0.1, -0.05) is 29.5 Å². The Bertz CT molecular complexity index is 809. The molecule has 0 radical (unpaired) electrons. The van der Waals surface area contributed by atoms with Gasteiger partial charge < -0.3 is 5.32 Å². The van der Waals surface area contributed by atoms with E-state index in [0.29, 0.717) is 0 Å². The SMILES string of the molecule is CCNc1nnc(-c2c3c(nc4ccccc24)CCC3)s1. The second-order valence-electron chi connectivity index (χ2n) is 5.23. The van der Waals surface area contributed by atoms with E-state index < -0.39 is 0 Å². The van der Waals surface area contributed by atoms with Crippen LogP contribution >= 0.6 is 11.3 Å². The number of aromatic nitrogens is 3. The van der Waals surface area contributed by atoms with Crippen LogP contribution in [0, 0.1) is 0 Å². The summed E-state index contributed by atoms with van der Waals surface area (Å²) in [5.74, 6) is 0. The second kappa shape index (κ2) is 5.07. The molecule has 2 aromatic heterocycles. The zero-order valence-corrected chi connectivity index (χ0v) is 12.7. The van der Waals surface area contributed by atoms with Crippen molar-refractivity contribution in [3.05, 3.63) is 35.5 Å². The van der Waals surface area contributed by atoms with Gasteiger partial charge in [0, 0.05) is 23.2 Å². The molecule has 21 heavy (non-hydrogen) atoms. The summed E-state index contributed by atoms with van der Waals surface area (Å²) in [6.45, 7) is 2.93. The van der Waals surface area contributed by atoms with E-state index in [4.69, 9.17) is 4.98 Å². The smallest absolute Gasteiger partial charge is 0.205 e. The van der Waals surface area contributed by atoms with Crippen LogP contribution in [0.4, 0.5) is 5.13 Å². The molecule has 0 saturated carbocycles. The summed E-state index contributed by atoms with van der Waals surface area (Å²) in [4.78, 5) is 4.83. The van der Waals surface area contributed by atoms with Crippen molar-refractivity contribution in [3.63, 3.8) is 0 Å². The van der Waals surface area contributed by atoms with E-state index in [-0.39, 0.29) is 0 Å². The van der Waals surface area contributed by atoms with Crippen molar-refractivity contribution in [1.29, 1.82) is 0 Å². The normalized spacial score (nSPS) is 13.6. The molecule has 0 fully saturated rings. The molecule has 5 heteroatoms. The molecule has 0 aliphatic heterocycles. The van der Waals surface area contributed by atoms with E-state index in [1.807, 2.05) is 6.07 Å². The van der Waals surface area contributed by atoms with E-state index in [2.05, 4.69) is 40.6 Å². The molecule has 1 aliphatic carbocycles. The van der Waals surface area contributed by atoms with Crippen molar-refractivity contribution in [2.24, 2.45) is 0 Å². The highest BCUT2D eigenvalue weighted by Gasteiger charge is 2.22. The Morgan fingerprint density at radius 2 is 2.10 bits per heavy atom. The minimum atomic E-state index is 0.865. The third-order valence-electron chi connectivity index (χ3n) is 3.89. The van der Waals surface area contributed by atoms with Crippen LogP contribution in [-0.4, -0.2) is 21.7 Å². The summed E-state index contributed by atoms with van der Waals surface area (Å²) in [5, 5.41) is 15.0. The van der Waals surface area contributed by atoms with Gasteiger partial charge in [-0.25, -0.2) is 0 Å². The number of benzene rings is 1. The summed E-state index contributed by atoms with van der Waals surface area (Å²) in [6.07, 6.45) is 3.36. The van der Waals surface area contributed by atoms with Gasteiger partial charge in [-0.3, -0.25) is 4.98 Å². The molecule has 0 unspecified atom stereocenters. The average Bonchev–Trinajstić information content (AvgIpc) is 3.14. The lowest BCUT2D eigenvalue weighted by molar-refractivity contribution is 0.901. The van der Waals surface area contributed by atoms with Crippen LogP contribution in [-0.2, 0) is 12.8 Å². The zero-order chi connectivity index (χ0) is 14.2. The lowest BCUT2D eigenvalue weighted by Crippen LogP contribution is -1.95. The molecule has 4 rings (SSSR count). The van der Waals surface area contributed by atoms with Gasteiger partial charge in [-0.15, -0.1) is 10.2 Å². The van der Waals surface area contributed by atoms with Gasteiger partial charge in [-0.2, -0.15) is 0 Å². The number of pyridine rings is 1. The van der Waals surface area contributed by atoms with Gasteiger partial charge in [0.05, 0.1) is 5.52 Å². The number of fused-ring (bicyclic) bond motifs is 2. The molecule has 3 aromatic rings. The van der Waals surface area contributed by atoms with E-state index >= 15 is 0 Å². The van der Waals surface area contributed by atoms with Crippen molar-refractivity contribution in [1.82, 2.24) is 15.2 Å². The number of nitrogens with one attached hydrogen (secondary N) is 1. The fraction of sp³-hybridized carbons (Fsp3) is 0.312. The maximum atomic E-state index is 4.83. The van der Waals surface area contributed by atoms with Gasteiger partial charge >= 0.3 is 0 Å². The Balaban J connectivity index is 1.97. The van der Waals surface area contributed by atoms with Gasteiger partial charge in [0.2, 0.25) is 5.13 Å². The summed E-state index contributed by atoms with van der Waals surface area (Å²) >= 11 is 1.63. The molecule has 1 aromatic carbocycles. The van der Waals surface area contributed by atoms with Crippen LogP contribution < -0.4 is 5.32 Å². The molecule has 0 amide bonds.